The Morgan fingerprint density at radius 3 is 2.38 bits per heavy atom. The lowest BCUT2D eigenvalue weighted by molar-refractivity contribution is -0.118. The molecule has 3 heteroatoms. The van der Waals surface area contributed by atoms with Crippen molar-refractivity contribution >= 4 is 5.91 Å². The standard InChI is InChI=1S/C5H12N2O/c1-3-7(2)4-5(6)8/h3-4H2,1-2H3,(H2,6,8)/i5+2. The van der Waals surface area contributed by atoms with Gasteiger partial charge in [-0.25, -0.2) is 0 Å². The second kappa shape index (κ2) is 3.43. The van der Waals surface area contributed by atoms with E-state index in [4.69, 9.17) is 5.73 Å². The van der Waals surface area contributed by atoms with Crippen LogP contribution in [0.15, 0.2) is 0 Å². The normalized spacial score (nSPS) is 9.88. The molecule has 1 amide bonds. The molecule has 0 aliphatic rings. The molecule has 0 bridgehead atoms. The van der Waals surface area contributed by atoms with Crippen molar-refractivity contribution in [1.82, 2.24) is 4.90 Å². The van der Waals surface area contributed by atoms with Gasteiger partial charge >= 0.3 is 0 Å². The summed E-state index contributed by atoms with van der Waals surface area (Å²) in [5.41, 5.74) is 4.89. The molecule has 0 aromatic rings. The predicted octanol–water partition coefficient (Wildman–Crippen LogP) is -0.577. The minimum atomic E-state index is -0.269. The number of likely N-dealkylation sites (N-methyl/N-ethyl adjacent to an activating group) is 1. The molecule has 0 atom stereocenters. The van der Waals surface area contributed by atoms with Gasteiger partial charge in [0.05, 0.1) is 6.54 Å². The molecule has 0 heterocycles. The van der Waals surface area contributed by atoms with Gasteiger partial charge in [-0.05, 0) is 13.6 Å². The maximum atomic E-state index is 10.1. The zero-order chi connectivity index (χ0) is 6.57. The quantitative estimate of drug-likeness (QED) is 0.539. The van der Waals surface area contributed by atoms with E-state index in [-0.39, 0.29) is 5.91 Å². The summed E-state index contributed by atoms with van der Waals surface area (Å²) < 4.78 is 0. The van der Waals surface area contributed by atoms with E-state index in [1.54, 1.807) is 0 Å². The van der Waals surface area contributed by atoms with Gasteiger partial charge in [0.15, 0.2) is 0 Å². The molecule has 3 nitrogen and oxygen atoms in total. The number of carbonyl (C=O) groups is 1. The lowest BCUT2D eigenvalue weighted by Gasteiger charge is -2.08. The lowest BCUT2D eigenvalue weighted by atomic mass is 10.7. The van der Waals surface area contributed by atoms with E-state index in [0.717, 1.165) is 6.54 Å². The van der Waals surface area contributed by atoms with Crippen LogP contribution in [0.25, 0.3) is 0 Å². The van der Waals surface area contributed by atoms with Gasteiger partial charge in [0.2, 0.25) is 5.91 Å². The van der Waals surface area contributed by atoms with Crippen LogP contribution in [0, 0.1) is 0 Å². The van der Waals surface area contributed by atoms with E-state index >= 15 is 0 Å². The summed E-state index contributed by atoms with van der Waals surface area (Å²) in [5.74, 6) is -0.269. The Morgan fingerprint density at radius 2 is 2.25 bits per heavy atom. The largest absolute Gasteiger partial charge is 0.369 e. The molecule has 0 aliphatic heterocycles. The van der Waals surface area contributed by atoms with Gasteiger partial charge in [0.25, 0.3) is 0 Å². The molecule has 2 N–H and O–H groups in total. The second-order valence-corrected chi connectivity index (χ2v) is 1.80. The number of amides is 1. The van der Waals surface area contributed by atoms with Crippen LogP contribution in [-0.4, -0.2) is 30.9 Å². The number of carbonyl (C=O) groups excluding carboxylic acids is 1. The average molecular weight is 118 g/mol. The van der Waals surface area contributed by atoms with Crippen molar-refractivity contribution in [3.05, 3.63) is 0 Å². The van der Waals surface area contributed by atoms with Crippen molar-refractivity contribution in [1.29, 1.82) is 0 Å². The minimum absolute atomic E-state index is 0.269. The summed E-state index contributed by atoms with van der Waals surface area (Å²) in [6.07, 6.45) is 0. The second-order valence-electron chi connectivity index (χ2n) is 1.80. The van der Waals surface area contributed by atoms with Crippen LogP contribution >= 0.6 is 0 Å². The van der Waals surface area contributed by atoms with Crippen LogP contribution < -0.4 is 5.73 Å². The van der Waals surface area contributed by atoms with Crippen LogP contribution in [0.3, 0.4) is 0 Å². The molecule has 0 spiro atoms. The summed E-state index contributed by atoms with van der Waals surface area (Å²) in [4.78, 5) is 12.0. The summed E-state index contributed by atoms with van der Waals surface area (Å²) >= 11 is 0. The first kappa shape index (κ1) is 7.43. The van der Waals surface area contributed by atoms with E-state index in [9.17, 15) is 4.79 Å². The number of primary amides is 1. The number of hydrogen-bond donors (Lipinski definition) is 1. The van der Waals surface area contributed by atoms with Crippen LogP contribution in [0.2, 0.25) is 0 Å². The zero-order valence-corrected chi connectivity index (χ0v) is 5.35. The molecule has 0 rings (SSSR count). The maximum Gasteiger partial charge on any atom is 0.231 e. The fourth-order valence-corrected chi connectivity index (χ4v) is 0.378. The van der Waals surface area contributed by atoms with Gasteiger partial charge < -0.3 is 5.73 Å². The van der Waals surface area contributed by atoms with Crippen LogP contribution in [-0.2, 0) is 4.79 Å². The Hall–Kier alpha value is -0.570. The molecular weight excluding hydrogens is 106 g/mol. The molecule has 0 unspecified atom stereocenters. The Morgan fingerprint density at radius 1 is 1.75 bits per heavy atom. The first-order valence-electron chi connectivity index (χ1n) is 2.63. The molecule has 0 saturated carbocycles. The third-order valence-corrected chi connectivity index (χ3v) is 0.966. The smallest absolute Gasteiger partial charge is 0.231 e. The minimum Gasteiger partial charge on any atom is -0.369 e. The van der Waals surface area contributed by atoms with Gasteiger partial charge in [0, 0.05) is 0 Å². The first-order valence-corrected chi connectivity index (χ1v) is 2.63. The van der Waals surface area contributed by atoms with Crippen molar-refractivity contribution in [2.24, 2.45) is 5.73 Å². The highest BCUT2D eigenvalue weighted by atomic mass is 16.3. The van der Waals surface area contributed by atoms with E-state index in [1.807, 2.05) is 18.9 Å². The van der Waals surface area contributed by atoms with Crippen molar-refractivity contribution in [2.45, 2.75) is 6.92 Å². The van der Waals surface area contributed by atoms with Gasteiger partial charge in [-0.15, -0.1) is 0 Å². The van der Waals surface area contributed by atoms with Crippen molar-refractivity contribution in [3.63, 3.8) is 0 Å². The predicted molar refractivity (Wildman–Crippen MR) is 32.4 cm³/mol. The highest BCUT2D eigenvalue weighted by Gasteiger charge is 1.96. The first-order chi connectivity index (χ1) is 3.66. The molecule has 48 valence electrons. The molecule has 8 heavy (non-hydrogen) atoms. The average Bonchev–Trinajstić information content (AvgIpc) is 1.65. The fraction of sp³-hybridized carbons (Fsp3) is 0.800. The monoisotopic (exact) mass is 118 g/mol. The van der Waals surface area contributed by atoms with Gasteiger partial charge in [-0.2, -0.15) is 0 Å². The van der Waals surface area contributed by atoms with Gasteiger partial charge in [0.1, 0.15) is 0 Å². The molecule has 0 saturated heterocycles. The number of nitrogens with two attached hydrogens (primary N) is 1. The number of hydrogen-bond acceptors (Lipinski definition) is 2. The fourth-order valence-electron chi connectivity index (χ4n) is 0.378. The van der Waals surface area contributed by atoms with Gasteiger partial charge in [-0.1, -0.05) is 6.92 Å². The zero-order valence-electron chi connectivity index (χ0n) is 5.35. The highest BCUT2D eigenvalue weighted by molar-refractivity contribution is 5.75. The van der Waals surface area contributed by atoms with Crippen molar-refractivity contribution in [2.75, 3.05) is 20.1 Å². The lowest BCUT2D eigenvalue weighted by Crippen LogP contribution is -2.30. The Bertz CT molecular complexity index is 82.5. The summed E-state index contributed by atoms with van der Waals surface area (Å²) in [5, 5.41) is 0. The van der Waals surface area contributed by atoms with E-state index < -0.39 is 0 Å². The van der Waals surface area contributed by atoms with Crippen LogP contribution in [0.4, 0.5) is 0 Å². The number of rotatable bonds is 3. The molecule has 0 radical (unpaired) electrons. The molecule has 0 aromatic heterocycles. The van der Waals surface area contributed by atoms with Gasteiger partial charge in [-0.3, -0.25) is 9.69 Å². The van der Waals surface area contributed by atoms with E-state index in [0.29, 0.717) is 6.54 Å². The summed E-state index contributed by atoms with van der Waals surface area (Å²) in [6.45, 7) is 3.20. The number of nitrogens with zero attached hydrogens (tertiary/aromatic N) is 1. The van der Waals surface area contributed by atoms with E-state index in [2.05, 4.69) is 0 Å². The molecule has 0 aromatic carbocycles. The third kappa shape index (κ3) is 3.61. The Kier molecular flexibility index (Phi) is 3.19. The highest BCUT2D eigenvalue weighted by Crippen LogP contribution is 1.75. The Labute approximate surface area is 49.5 Å². The SMILES string of the molecule is CCN(C)C[14C](N)=O. The van der Waals surface area contributed by atoms with Crippen molar-refractivity contribution in [3.8, 4) is 0 Å². The topological polar surface area (TPSA) is 46.3 Å². The maximum absolute atomic E-state index is 10.1. The third-order valence-electron chi connectivity index (χ3n) is 0.966. The summed E-state index contributed by atoms with van der Waals surface area (Å²) in [7, 11) is 1.85. The molecule has 0 fully saturated rings. The molecular formula is C5H12N2O. The van der Waals surface area contributed by atoms with Crippen molar-refractivity contribution < 1.29 is 4.79 Å². The van der Waals surface area contributed by atoms with E-state index in [1.165, 1.54) is 0 Å². The van der Waals surface area contributed by atoms with Crippen LogP contribution in [0.1, 0.15) is 6.92 Å². The Balaban J connectivity index is 3.24. The molecule has 0 aliphatic carbocycles. The summed E-state index contributed by atoms with van der Waals surface area (Å²) in [6, 6.07) is 0. The van der Waals surface area contributed by atoms with Crippen LogP contribution in [0.5, 0.6) is 0 Å².